The molecule has 0 spiro atoms. The Balaban J connectivity index is 1.92. The first-order chi connectivity index (χ1) is 13.7. The largest absolute Gasteiger partial charge is 0.284 e. The van der Waals surface area contributed by atoms with Gasteiger partial charge in [0.15, 0.2) is 0 Å². The van der Waals surface area contributed by atoms with Crippen molar-refractivity contribution in [3.63, 3.8) is 0 Å². The van der Waals surface area contributed by atoms with E-state index in [9.17, 15) is 20.2 Å². The third-order valence-corrected chi connectivity index (χ3v) is 6.80. The Kier molecular flexibility index (Phi) is 6.69. The standard InChI is InChI=1S/C19H12Cl2N2O4S2/c1-11-2-3-12(22(24)25)8-19(11)29-14-5-7-18(17(10-14)23(26)27)28-13-4-6-15(20)16(21)9-13/h2-10H,1H3. The van der Waals surface area contributed by atoms with Crippen molar-refractivity contribution >= 4 is 58.1 Å². The van der Waals surface area contributed by atoms with Gasteiger partial charge in [-0.05, 0) is 42.8 Å². The molecule has 148 valence electrons. The van der Waals surface area contributed by atoms with Gasteiger partial charge in [-0.25, -0.2) is 0 Å². The summed E-state index contributed by atoms with van der Waals surface area (Å²) in [6.07, 6.45) is 0. The van der Waals surface area contributed by atoms with Crippen molar-refractivity contribution in [3.8, 4) is 0 Å². The topological polar surface area (TPSA) is 86.3 Å². The van der Waals surface area contributed by atoms with Crippen LogP contribution in [0.5, 0.6) is 0 Å². The number of nitro benzene ring substituents is 2. The summed E-state index contributed by atoms with van der Waals surface area (Å²) in [5.41, 5.74) is 0.756. The van der Waals surface area contributed by atoms with Crippen LogP contribution in [0.2, 0.25) is 10.0 Å². The second-order valence-corrected chi connectivity index (χ2v) is 8.92. The van der Waals surface area contributed by atoms with Crippen LogP contribution in [0, 0.1) is 27.2 Å². The molecule has 0 unspecified atom stereocenters. The highest BCUT2D eigenvalue weighted by molar-refractivity contribution is 8.00. The average molecular weight is 467 g/mol. The molecular weight excluding hydrogens is 455 g/mol. The molecule has 0 N–H and O–H groups in total. The number of nitrogens with zero attached hydrogens (tertiary/aromatic N) is 2. The van der Waals surface area contributed by atoms with Gasteiger partial charge in [0.2, 0.25) is 0 Å². The zero-order valence-corrected chi connectivity index (χ0v) is 17.9. The molecule has 0 aliphatic rings. The van der Waals surface area contributed by atoms with Crippen molar-refractivity contribution in [1.29, 1.82) is 0 Å². The van der Waals surface area contributed by atoms with Crippen LogP contribution < -0.4 is 0 Å². The fourth-order valence-corrected chi connectivity index (χ4v) is 4.67. The van der Waals surface area contributed by atoms with Gasteiger partial charge in [0.25, 0.3) is 11.4 Å². The van der Waals surface area contributed by atoms with Crippen LogP contribution in [0.15, 0.2) is 74.2 Å². The minimum absolute atomic E-state index is 0.0283. The maximum Gasteiger partial charge on any atom is 0.284 e. The van der Waals surface area contributed by atoms with Gasteiger partial charge >= 0.3 is 0 Å². The smallest absolute Gasteiger partial charge is 0.258 e. The van der Waals surface area contributed by atoms with Gasteiger partial charge in [-0.15, -0.1) is 0 Å². The second-order valence-electron chi connectivity index (χ2n) is 5.87. The minimum Gasteiger partial charge on any atom is -0.258 e. The minimum atomic E-state index is -0.469. The first kappa shape index (κ1) is 21.4. The molecule has 10 heteroatoms. The maximum atomic E-state index is 11.6. The Hall–Kier alpha value is -2.26. The third kappa shape index (κ3) is 5.22. The number of rotatable bonds is 6. The Labute approximate surface area is 184 Å². The Morgan fingerprint density at radius 3 is 2.07 bits per heavy atom. The fraction of sp³-hybridized carbons (Fsp3) is 0.0526. The summed E-state index contributed by atoms with van der Waals surface area (Å²) in [5.74, 6) is 0. The van der Waals surface area contributed by atoms with Crippen LogP contribution in [0.1, 0.15) is 5.56 Å². The van der Waals surface area contributed by atoms with E-state index in [1.54, 1.807) is 36.4 Å². The summed E-state index contributed by atoms with van der Waals surface area (Å²) < 4.78 is 0. The molecule has 6 nitrogen and oxygen atoms in total. The normalized spacial score (nSPS) is 10.7. The Bertz CT molecular complexity index is 1130. The quantitative estimate of drug-likeness (QED) is 0.277. The molecule has 3 aromatic rings. The lowest BCUT2D eigenvalue weighted by molar-refractivity contribution is -0.387. The third-order valence-electron chi connectivity index (χ3n) is 3.86. The SMILES string of the molecule is Cc1ccc([N+](=O)[O-])cc1Sc1ccc(Sc2ccc(Cl)c(Cl)c2)c([N+](=O)[O-])c1. The van der Waals surface area contributed by atoms with E-state index in [-0.39, 0.29) is 11.4 Å². The lowest BCUT2D eigenvalue weighted by Crippen LogP contribution is -1.92. The summed E-state index contributed by atoms with van der Waals surface area (Å²) in [7, 11) is 0. The molecule has 29 heavy (non-hydrogen) atoms. The number of non-ortho nitro benzene ring substituents is 1. The number of hydrogen-bond donors (Lipinski definition) is 0. The molecule has 0 aliphatic heterocycles. The van der Waals surface area contributed by atoms with E-state index in [2.05, 4.69) is 0 Å². The first-order valence-corrected chi connectivity index (χ1v) is 10.5. The van der Waals surface area contributed by atoms with Crippen molar-refractivity contribution in [2.45, 2.75) is 26.5 Å². The van der Waals surface area contributed by atoms with Gasteiger partial charge in [-0.3, -0.25) is 20.2 Å². The van der Waals surface area contributed by atoms with E-state index in [1.807, 2.05) is 6.92 Å². The predicted molar refractivity (Wildman–Crippen MR) is 116 cm³/mol. The van der Waals surface area contributed by atoms with E-state index in [0.717, 1.165) is 10.5 Å². The van der Waals surface area contributed by atoms with Crippen LogP contribution in [-0.2, 0) is 0 Å². The molecule has 0 saturated carbocycles. The van der Waals surface area contributed by atoms with Crippen LogP contribution in [0.25, 0.3) is 0 Å². The molecule has 0 heterocycles. The molecule has 0 radical (unpaired) electrons. The molecule has 0 saturated heterocycles. The molecule has 0 atom stereocenters. The lowest BCUT2D eigenvalue weighted by Gasteiger charge is -2.08. The van der Waals surface area contributed by atoms with E-state index in [0.29, 0.717) is 24.7 Å². The lowest BCUT2D eigenvalue weighted by atomic mass is 10.2. The van der Waals surface area contributed by atoms with Crippen LogP contribution in [0.3, 0.4) is 0 Å². The van der Waals surface area contributed by atoms with Crippen LogP contribution in [0.4, 0.5) is 11.4 Å². The summed E-state index contributed by atoms with van der Waals surface area (Å²) in [6, 6.07) is 14.4. The van der Waals surface area contributed by atoms with Crippen LogP contribution >= 0.6 is 46.7 Å². The van der Waals surface area contributed by atoms with Crippen molar-refractivity contribution in [2.75, 3.05) is 0 Å². The van der Waals surface area contributed by atoms with E-state index >= 15 is 0 Å². The van der Waals surface area contributed by atoms with Crippen molar-refractivity contribution < 1.29 is 9.85 Å². The number of aryl methyl sites for hydroxylation is 1. The molecule has 0 amide bonds. The molecule has 0 aromatic heterocycles. The van der Waals surface area contributed by atoms with Crippen molar-refractivity contribution in [1.82, 2.24) is 0 Å². The van der Waals surface area contributed by atoms with Crippen molar-refractivity contribution in [3.05, 3.63) is 90.4 Å². The predicted octanol–water partition coefficient (Wildman–Crippen LogP) is 7.42. The molecular formula is C19H12Cl2N2O4S2. The van der Waals surface area contributed by atoms with E-state index in [4.69, 9.17) is 23.2 Å². The monoisotopic (exact) mass is 466 g/mol. The van der Waals surface area contributed by atoms with Crippen molar-refractivity contribution in [2.24, 2.45) is 0 Å². The fourth-order valence-electron chi connectivity index (χ4n) is 2.40. The molecule has 0 bridgehead atoms. The Morgan fingerprint density at radius 2 is 1.41 bits per heavy atom. The summed E-state index contributed by atoms with van der Waals surface area (Å²) in [5, 5.41) is 23.4. The highest BCUT2D eigenvalue weighted by Crippen LogP contribution is 2.41. The van der Waals surface area contributed by atoms with Gasteiger partial charge in [-0.1, -0.05) is 52.8 Å². The van der Waals surface area contributed by atoms with Gasteiger partial charge in [0, 0.05) is 32.9 Å². The summed E-state index contributed by atoms with van der Waals surface area (Å²) in [4.78, 5) is 24.1. The maximum absolute atomic E-state index is 11.6. The highest BCUT2D eigenvalue weighted by atomic mass is 35.5. The van der Waals surface area contributed by atoms with Gasteiger partial charge in [0.1, 0.15) is 0 Å². The summed E-state index contributed by atoms with van der Waals surface area (Å²) >= 11 is 14.4. The summed E-state index contributed by atoms with van der Waals surface area (Å²) in [6.45, 7) is 1.83. The first-order valence-electron chi connectivity index (χ1n) is 8.09. The number of benzene rings is 3. The van der Waals surface area contributed by atoms with E-state index in [1.165, 1.54) is 41.7 Å². The number of nitro groups is 2. The molecule has 0 fully saturated rings. The average Bonchev–Trinajstić information content (AvgIpc) is 2.67. The van der Waals surface area contributed by atoms with Crippen LogP contribution in [-0.4, -0.2) is 9.85 Å². The highest BCUT2D eigenvalue weighted by Gasteiger charge is 2.18. The number of halogens is 2. The number of hydrogen-bond acceptors (Lipinski definition) is 6. The van der Waals surface area contributed by atoms with Gasteiger partial charge in [-0.2, -0.15) is 0 Å². The van der Waals surface area contributed by atoms with Gasteiger partial charge in [0.05, 0.1) is 24.8 Å². The second kappa shape index (κ2) is 9.04. The molecule has 0 aliphatic carbocycles. The molecule has 3 aromatic carbocycles. The zero-order chi connectivity index (χ0) is 21.1. The van der Waals surface area contributed by atoms with Gasteiger partial charge < -0.3 is 0 Å². The zero-order valence-electron chi connectivity index (χ0n) is 14.8. The Morgan fingerprint density at radius 1 is 0.759 bits per heavy atom. The molecule has 3 rings (SSSR count). The van der Waals surface area contributed by atoms with E-state index < -0.39 is 9.85 Å².